The van der Waals surface area contributed by atoms with Gasteiger partial charge in [0, 0.05) is 0 Å². The Kier molecular flexibility index (Phi) is 4.29. The number of imide groups is 1. The van der Waals surface area contributed by atoms with Gasteiger partial charge in [0.2, 0.25) is 5.91 Å². The molecule has 2 fully saturated rings. The second-order valence-corrected chi connectivity index (χ2v) is 5.70. The van der Waals surface area contributed by atoms with Crippen molar-refractivity contribution >= 4 is 11.9 Å². The van der Waals surface area contributed by atoms with Crippen LogP contribution >= 0.6 is 0 Å². The van der Waals surface area contributed by atoms with Crippen LogP contribution in [0.5, 0.6) is 5.75 Å². The molecule has 1 atom stereocenters. The number of methoxy groups -OCH3 is 1. The first-order valence-corrected chi connectivity index (χ1v) is 7.65. The molecule has 0 bridgehead atoms. The van der Waals surface area contributed by atoms with Crippen LogP contribution in [0, 0.1) is 0 Å². The highest BCUT2D eigenvalue weighted by Gasteiger charge is 2.34. The van der Waals surface area contributed by atoms with Crippen molar-refractivity contribution in [2.75, 3.05) is 33.3 Å². The maximum atomic E-state index is 11.9. The molecule has 0 radical (unpaired) electrons. The van der Waals surface area contributed by atoms with Gasteiger partial charge in [-0.2, -0.15) is 0 Å². The molecule has 0 aromatic heterocycles. The molecule has 0 spiro atoms. The second-order valence-electron chi connectivity index (χ2n) is 5.70. The van der Waals surface area contributed by atoms with Crippen LogP contribution in [0.4, 0.5) is 4.79 Å². The second kappa shape index (κ2) is 6.36. The predicted molar refractivity (Wildman–Crippen MR) is 81.7 cm³/mol. The Bertz CT molecular complexity index is 554. The number of hydrogen-bond donors (Lipinski definition) is 1. The first kappa shape index (κ1) is 14.8. The molecule has 22 heavy (non-hydrogen) atoms. The van der Waals surface area contributed by atoms with Gasteiger partial charge in [0.05, 0.1) is 26.2 Å². The summed E-state index contributed by atoms with van der Waals surface area (Å²) in [6, 6.07) is 7.59. The van der Waals surface area contributed by atoms with E-state index in [1.807, 2.05) is 24.3 Å². The van der Waals surface area contributed by atoms with Crippen LogP contribution in [-0.2, 0) is 4.79 Å². The van der Waals surface area contributed by atoms with E-state index in [9.17, 15) is 9.59 Å². The number of nitrogens with one attached hydrogen (secondary N) is 1. The van der Waals surface area contributed by atoms with E-state index in [4.69, 9.17) is 4.74 Å². The molecule has 118 valence electrons. The maximum absolute atomic E-state index is 11.9. The molecule has 2 saturated heterocycles. The Hall–Kier alpha value is -2.08. The third kappa shape index (κ3) is 2.92. The summed E-state index contributed by atoms with van der Waals surface area (Å²) < 4.78 is 5.30. The van der Waals surface area contributed by atoms with Crippen molar-refractivity contribution in [3.8, 4) is 5.75 Å². The van der Waals surface area contributed by atoms with Crippen molar-refractivity contribution in [2.45, 2.75) is 18.9 Å². The third-order valence-corrected chi connectivity index (χ3v) is 4.35. The fourth-order valence-electron chi connectivity index (χ4n) is 3.15. The van der Waals surface area contributed by atoms with Gasteiger partial charge in [0.25, 0.3) is 0 Å². The quantitative estimate of drug-likeness (QED) is 0.835. The lowest BCUT2D eigenvalue weighted by Gasteiger charge is -2.30. The van der Waals surface area contributed by atoms with E-state index >= 15 is 0 Å². The van der Waals surface area contributed by atoms with E-state index in [1.165, 1.54) is 4.90 Å². The van der Waals surface area contributed by atoms with Gasteiger partial charge in [-0.1, -0.05) is 12.1 Å². The fourth-order valence-corrected chi connectivity index (χ4v) is 3.15. The molecule has 6 heteroatoms. The van der Waals surface area contributed by atoms with Crippen molar-refractivity contribution in [2.24, 2.45) is 0 Å². The Labute approximate surface area is 130 Å². The van der Waals surface area contributed by atoms with Crippen LogP contribution in [0.1, 0.15) is 24.4 Å². The van der Waals surface area contributed by atoms with Crippen LogP contribution < -0.4 is 10.1 Å². The zero-order chi connectivity index (χ0) is 15.5. The molecule has 3 rings (SSSR count). The number of hydrogen-bond acceptors (Lipinski definition) is 4. The topological polar surface area (TPSA) is 61.9 Å². The lowest BCUT2D eigenvalue weighted by Crippen LogP contribution is -2.40. The highest BCUT2D eigenvalue weighted by Crippen LogP contribution is 2.28. The van der Waals surface area contributed by atoms with Gasteiger partial charge in [0.1, 0.15) is 5.75 Å². The normalized spacial score (nSPS) is 20.3. The van der Waals surface area contributed by atoms with Crippen LogP contribution in [0.2, 0.25) is 0 Å². The van der Waals surface area contributed by atoms with Crippen molar-refractivity contribution in [3.05, 3.63) is 29.8 Å². The summed E-state index contributed by atoms with van der Waals surface area (Å²) in [5.74, 6) is 0.635. The molecule has 2 aliphatic rings. The number of benzene rings is 1. The van der Waals surface area contributed by atoms with E-state index in [0.29, 0.717) is 6.54 Å². The molecule has 1 unspecified atom stereocenters. The Balaban J connectivity index is 1.86. The number of amides is 3. The molecule has 1 aromatic carbocycles. The average molecular weight is 303 g/mol. The van der Waals surface area contributed by atoms with Crippen LogP contribution in [0.25, 0.3) is 0 Å². The Morgan fingerprint density at radius 2 is 2.05 bits per heavy atom. The summed E-state index contributed by atoms with van der Waals surface area (Å²) in [4.78, 5) is 27.4. The van der Waals surface area contributed by atoms with Crippen molar-refractivity contribution < 1.29 is 14.3 Å². The van der Waals surface area contributed by atoms with Gasteiger partial charge < -0.3 is 10.1 Å². The lowest BCUT2D eigenvalue weighted by molar-refractivity contribution is -0.125. The highest BCUT2D eigenvalue weighted by molar-refractivity contribution is 6.01. The Morgan fingerprint density at radius 3 is 2.68 bits per heavy atom. The molecular formula is C16H21N3O3. The van der Waals surface area contributed by atoms with Crippen molar-refractivity contribution in [1.29, 1.82) is 0 Å². The standard InChI is InChI=1S/C16H21N3O3/c1-22-13-6-4-5-12(9-13)14(18-7-2-3-8-18)11-19-15(20)10-17-16(19)21/h4-6,9,14H,2-3,7-8,10-11H2,1H3,(H,17,21). The summed E-state index contributed by atoms with van der Waals surface area (Å²) in [7, 11) is 1.64. The van der Waals surface area contributed by atoms with Gasteiger partial charge >= 0.3 is 6.03 Å². The number of ether oxygens (including phenoxy) is 1. The first-order valence-electron chi connectivity index (χ1n) is 7.65. The number of nitrogens with zero attached hydrogens (tertiary/aromatic N) is 2. The van der Waals surface area contributed by atoms with Gasteiger partial charge in [-0.3, -0.25) is 14.6 Å². The summed E-state index contributed by atoms with van der Waals surface area (Å²) >= 11 is 0. The zero-order valence-electron chi connectivity index (χ0n) is 12.7. The van der Waals surface area contributed by atoms with Gasteiger partial charge in [-0.05, 0) is 43.6 Å². The van der Waals surface area contributed by atoms with Crippen molar-refractivity contribution in [3.63, 3.8) is 0 Å². The highest BCUT2D eigenvalue weighted by atomic mass is 16.5. The SMILES string of the molecule is COc1cccc(C(CN2C(=O)CNC2=O)N2CCCC2)c1. The number of rotatable bonds is 5. The summed E-state index contributed by atoms with van der Waals surface area (Å²) in [5, 5.41) is 2.58. The average Bonchev–Trinajstić information content (AvgIpc) is 3.17. The predicted octanol–water partition coefficient (Wildman–Crippen LogP) is 1.38. The molecular weight excluding hydrogens is 282 g/mol. The number of carbonyl (C=O) groups is 2. The molecule has 3 amide bonds. The van der Waals surface area contributed by atoms with Crippen LogP contribution in [-0.4, -0.2) is 55.0 Å². The molecule has 2 aliphatic heterocycles. The van der Waals surface area contributed by atoms with E-state index in [-0.39, 0.29) is 24.5 Å². The first-order chi connectivity index (χ1) is 10.7. The number of likely N-dealkylation sites (tertiary alicyclic amines) is 1. The van der Waals surface area contributed by atoms with Crippen LogP contribution in [0.3, 0.4) is 0 Å². The molecule has 0 aliphatic carbocycles. The zero-order valence-corrected chi connectivity index (χ0v) is 12.7. The Morgan fingerprint density at radius 1 is 1.27 bits per heavy atom. The van der Waals surface area contributed by atoms with E-state index < -0.39 is 0 Å². The molecule has 1 N–H and O–H groups in total. The summed E-state index contributed by atoms with van der Waals surface area (Å²) in [6.45, 7) is 2.47. The molecule has 6 nitrogen and oxygen atoms in total. The summed E-state index contributed by atoms with van der Waals surface area (Å²) in [5.41, 5.74) is 1.08. The van der Waals surface area contributed by atoms with Gasteiger partial charge in [-0.25, -0.2) is 4.79 Å². The largest absolute Gasteiger partial charge is 0.497 e. The molecule has 0 saturated carbocycles. The van der Waals surface area contributed by atoms with Crippen LogP contribution in [0.15, 0.2) is 24.3 Å². The van der Waals surface area contributed by atoms with Gasteiger partial charge in [0.15, 0.2) is 0 Å². The summed E-state index contributed by atoms with van der Waals surface area (Å²) in [6.07, 6.45) is 2.31. The monoisotopic (exact) mass is 303 g/mol. The minimum atomic E-state index is -0.294. The third-order valence-electron chi connectivity index (χ3n) is 4.35. The fraction of sp³-hybridized carbons (Fsp3) is 0.500. The number of carbonyl (C=O) groups excluding carboxylic acids is 2. The molecule has 1 aromatic rings. The lowest BCUT2D eigenvalue weighted by atomic mass is 10.0. The van der Waals surface area contributed by atoms with Gasteiger partial charge in [-0.15, -0.1) is 0 Å². The maximum Gasteiger partial charge on any atom is 0.324 e. The number of urea groups is 1. The van der Waals surface area contributed by atoms with E-state index in [1.54, 1.807) is 7.11 Å². The minimum Gasteiger partial charge on any atom is -0.497 e. The van der Waals surface area contributed by atoms with E-state index in [2.05, 4.69) is 10.2 Å². The van der Waals surface area contributed by atoms with Crippen molar-refractivity contribution in [1.82, 2.24) is 15.1 Å². The smallest absolute Gasteiger partial charge is 0.324 e. The van der Waals surface area contributed by atoms with E-state index in [0.717, 1.165) is 37.2 Å². The minimum absolute atomic E-state index is 0.0189. The molecule has 2 heterocycles.